The number of aliphatic imine (C=N–C) groups is 1. The third-order valence-electron chi connectivity index (χ3n) is 11.0. The Kier molecular flexibility index (Phi) is 14.4. The van der Waals surface area contributed by atoms with Crippen molar-refractivity contribution in [1.82, 2.24) is 4.57 Å². The van der Waals surface area contributed by atoms with Crippen LogP contribution in [0.25, 0.3) is 23.1 Å². The van der Waals surface area contributed by atoms with Gasteiger partial charge in [-0.3, -0.25) is 9.59 Å². The molecule has 0 bridgehead atoms. The smallest absolute Gasteiger partial charge is 0.340 e. The minimum Gasteiger partial charge on any atom is -0.486 e. The fourth-order valence-corrected chi connectivity index (χ4v) is 8.04. The first-order valence-electron chi connectivity index (χ1n) is 20.0. The molecular weight excluding hydrogens is 745 g/mol. The number of esters is 1. The average Bonchev–Trinajstić information content (AvgIpc) is 3.46. The van der Waals surface area contributed by atoms with Gasteiger partial charge in [-0.15, -0.1) is 0 Å². The predicted octanol–water partition coefficient (Wildman–Crippen LogP) is 10.1. The highest BCUT2D eigenvalue weighted by molar-refractivity contribution is 6.17. The molecule has 0 saturated carbocycles. The number of aromatic nitrogens is 1. The molecule has 0 N–H and O–H groups in total. The lowest BCUT2D eigenvalue weighted by Gasteiger charge is -2.26. The Morgan fingerprint density at radius 2 is 1.71 bits per heavy atom. The van der Waals surface area contributed by atoms with E-state index in [0.29, 0.717) is 23.6 Å². The van der Waals surface area contributed by atoms with Crippen LogP contribution in [0.15, 0.2) is 95.0 Å². The minimum atomic E-state index is -4.38. The zero-order valence-corrected chi connectivity index (χ0v) is 34.5. The maximum atomic E-state index is 14.4. The van der Waals surface area contributed by atoms with Crippen molar-refractivity contribution in [2.24, 2.45) is 22.7 Å². The molecule has 3 unspecified atom stereocenters. The first-order valence-corrected chi connectivity index (χ1v) is 20.0. The number of carbonyl (C=O) groups is 2. The summed E-state index contributed by atoms with van der Waals surface area (Å²) in [5.41, 5.74) is 4.77. The predicted molar refractivity (Wildman–Crippen MR) is 224 cm³/mol. The van der Waals surface area contributed by atoms with E-state index in [2.05, 4.69) is 56.0 Å². The number of halogens is 4. The number of fused-ring (bicyclic) bond motifs is 1. The summed E-state index contributed by atoms with van der Waals surface area (Å²) in [4.78, 5) is 30.7. The highest BCUT2D eigenvalue weighted by atomic mass is 19.3. The molecule has 0 radical (unpaired) electrons. The second kappa shape index (κ2) is 19.0. The second-order valence-corrected chi connectivity index (χ2v) is 15.4. The van der Waals surface area contributed by atoms with Crippen LogP contribution in [-0.2, 0) is 20.9 Å². The molecule has 1 heterocycles. The molecule has 58 heavy (non-hydrogen) atoms. The van der Waals surface area contributed by atoms with Crippen molar-refractivity contribution in [2.75, 3.05) is 13.3 Å². The number of ether oxygens (including phenoxy) is 2. The topological polar surface area (TPSA) is 69.9 Å². The molecule has 308 valence electrons. The van der Waals surface area contributed by atoms with Gasteiger partial charge in [-0.25, -0.2) is 13.8 Å². The van der Waals surface area contributed by atoms with Crippen molar-refractivity contribution in [1.29, 1.82) is 0 Å². The zero-order chi connectivity index (χ0) is 42.3. The summed E-state index contributed by atoms with van der Waals surface area (Å²) < 4.78 is 67.0. The molecule has 6 nitrogen and oxygen atoms in total. The number of hydrogen-bond donors (Lipinski definition) is 0. The fourth-order valence-electron chi connectivity index (χ4n) is 8.04. The Labute approximate surface area is 338 Å². The van der Waals surface area contributed by atoms with Crippen LogP contribution in [0, 0.1) is 28.3 Å². The average molecular weight is 799 g/mol. The van der Waals surface area contributed by atoms with Gasteiger partial charge in [0.25, 0.3) is 0 Å². The summed E-state index contributed by atoms with van der Waals surface area (Å²) in [5, 5.41) is 4.09. The maximum Gasteiger partial charge on any atom is 0.340 e. The van der Waals surface area contributed by atoms with Gasteiger partial charge in [0.15, 0.2) is 19.1 Å². The molecule has 0 aliphatic heterocycles. The van der Waals surface area contributed by atoms with Crippen LogP contribution in [0.2, 0.25) is 0 Å². The number of Topliss-reactive ketones (excluding diaryl/α,β-unsaturated/α-hetero) is 1. The normalized spacial score (nSPS) is 17.8. The monoisotopic (exact) mass is 798 g/mol. The number of hydrogen-bond acceptors (Lipinski definition) is 5. The number of alkyl halides is 4. The van der Waals surface area contributed by atoms with Crippen LogP contribution in [-0.4, -0.2) is 47.7 Å². The van der Waals surface area contributed by atoms with Gasteiger partial charge in [0.2, 0.25) is 0 Å². The lowest BCUT2D eigenvalue weighted by Crippen LogP contribution is -2.34. The number of allylic oxidation sites excluding steroid dienone is 4. The van der Waals surface area contributed by atoms with Gasteiger partial charge in [-0.05, 0) is 68.5 Å². The van der Waals surface area contributed by atoms with E-state index in [1.54, 1.807) is 18.2 Å². The number of unbranched alkanes of at least 4 members (excludes halogenated alkanes) is 1. The standard InChI is InChI=1S/C48H54F4N2O4/c1-9-11-16-35(10-2)26-54-41-22-21-36(44(53-28-58-34(8)55)39-19-14-15-20-42(39)57-27-48(51,52)47(49)50)25-40(41)32(6)45(54)38-18-13-12-17-37(38)33(7)46(56)43-30(4)23-29(3)24-31(43)5/h12-15,17-25,30,35,43,47H,6,9-11,16,26-28H2,1-5,7-8H3/b37-33+,45-38+,53-44?. The Morgan fingerprint density at radius 1 is 1.00 bits per heavy atom. The first-order chi connectivity index (χ1) is 27.6. The van der Waals surface area contributed by atoms with Crippen LogP contribution < -0.4 is 15.2 Å². The van der Waals surface area contributed by atoms with Crippen LogP contribution in [0.3, 0.4) is 0 Å². The van der Waals surface area contributed by atoms with Gasteiger partial charge in [-0.2, -0.15) is 8.78 Å². The molecule has 1 aromatic heterocycles. The van der Waals surface area contributed by atoms with Crippen molar-refractivity contribution >= 4 is 40.5 Å². The lowest BCUT2D eigenvalue weighted by atomic mass is 9.77. The van der Waals surface area contributed by atoms with Crippen LogP contribution in [0.4, 0.5) is 17.6 Å². The quantitative estimate of drug-likeness (QED) is 0.0643. The highest BCUT2D eigenvalue weighted by Gasteiger charge is 2.42. The van der Waals surface area contributed by atoms with Crippen molar-refractivity contribution in [3.05, 3.63) is 122 Å². The van der Waals surface area contributed by atoms with E-state index >= 15 is 0 Å². The number of carbonyl (C=O) groups excluding carboxylic acids is 2. The first kappa shape index (κ1) is 43.9. The van der Waals surface area contributed by atoms with Crippen molar-refractivity contribution in [3.63, 3.8) is 0 Å². The van der Waals surface area contributed by atoms with Gasteiger partial charge < -0.3 is 14.0 Å². The summed E-state index contributed by atoms with van der Waals surface area (Å²) in [7, 11) is 0. The van der Waals surface area contributed by atoms with Crippen molar-refractivity contribution in [3.8, 4) is 5.75 Å². The van der Waals surface area contributed by atoms with E-state index in [1.165, 1.54) is 13.0 Å². The minimum absolute atomic E-state index is 0.0461. The number of benzene rings is 3. The Hall–Kier alpha value is -5.25. The van der Waals surface area contributed by atoms with Gasteiger partial charge >= 0.3 is 18.3 Å². The van der Waals surface area contributed by atoms with Crippen molar-refractivity contribution in [2.45, 2.75) is 93.0 Å². The number of rotatable bonds is 16. The molecular formula is C48H54F4N2O4. The van der Waals surface area contributed by atoms with E-state index < -0.39 is 24.9 Å². The largest absolute Gasteiger partial charge is 0.486 e. The second-order valence-electron chi connectivity index (χ2n) is 15.4. The summed E-state index contributed by atoms with van der Waals surface area (Å²) in [6.45, 7) is 17.1. The highest BCUT2D eigenvalue weighted by Crippen LogP contribution is 2.32. The molecule has 3 atom stereocenters. The van der Waals surface area contributed by atoms with E-state index in [0.717, 1.165) is 68.7 Å². The fraction of sp³-hybridized carbons (Fsp3) is 0.396. The zero-order valence-electron chi connectivity index (χ0n) is 34.5. The lowest BCUT2D eigenvalue weighted by molar-refractivity contribution is -0.148. The molecule has 10 heteroatoms. The summed E-state index contributed by atoms with van der Waals surface area (Å²) in [6, 6.07) is 19.8. The van der Waals surface area contributed by atoms with E-state index in [9.17, 15) is 27.2 Å². The molecule has 5 rings (SSSR count). The Morgan fingerprint density at radius 3 is 2.38 bits per heavy atom. The molecule has 4 aromatic rings. The summed E-state index contributed by atoms with van der Waals surface area (Å²) in [6.07, 6.45) is 4.47. The number of para-hydroxylation sites is 1. The van der Waals surface area contributed by atoms with E-state index in [1.807, 2.05) is 56.3 Å². The third-order valence-corrected chi connectivity index (χ3v) is 11.0. The van der Waals surface area contributed by atoms with Gasteiger partial charge in [0.1, 0.15) is 5.75 Å². The molecule has 3 aromatic carbocycles. The Balaban J connectivity index is 1.80. The number of nitrogens with zero attached hydrogens (tertiary/aromatic N) is 2. The molecule has 1 aliphatic carbocycles. The van der Waals surface area contributed by atoms with E-state index in [4.69, 9.17) is 9.47 Å². The molecule has 0 fully saturated rings. The van der Waals surface area contributed by atoms with Crippen LogP contribution in [0.5, 0.6) is 5.75 Å². The SMILES string of the molecule is C=c1/c(=c2/cccc/c2=C(/C)C(=O)C2C(C)=CC(C)=CC2C)n(CC(CC)CCCC)c2ccc(C(=NCOC(C)=O)c3ccccc3OCC(F)(F)C(F)F)cc12. The number of ketones is 1. The third kappa shape index (κ3) is 9.71. The van der Waals surface area contributed by atoms with Gasteiger partial charge in [-0.1, -0.05) is 112 Å². The molecule has 0 spiro atoms. The summed E-state index contributed by atoms with van der Waals surface area (Å²) in [5.74, 6) is -4.85. The van der Waals surface area contributed by atoms with Crippen LogP contribution >= 0.6 is 0 Å². The molecule has 0 saturated heterocycles. The van der Waals surface area contributed by atoms with Crippen LogP contribution in [0.1, 0.15) is 85.3 Å². The maximum absolute atomic E-state index is 14.4. The summed E-state index contributed by atoms with van der Waals surface area (Å²) >= 11 is 0. The van der Waals surface area contributed by atoms with E-state index in [-0.39, 0.29) is 41.4 Å². The Bertz CT molecular complexity index is 2460. The van der Waals surface area contributed by atoms with Gasteiger partial charge in [0, 0.05) is 57.4 Å². The molecule has 0 amide bonds. The molecule has 1 aliphatic rings. The van der Waals surface area contributed by atoms with Crippen molar-refractivity contribution < 1.29 is 36.6 Å². The van der Waals surface area contributed by atoms with Gasteiger partial charge in [0.05, 0.1) is 11.1 Å².